The van der Waals surface area contributed by atoms with Crippen molar-refractivity contribution in [3.63, 3.8) is 0 Å². The molecule has 1 N–H and O–H groups in total. The minimum Gasteiger partial charge on any atom is -0.376 e. The van der Waals surface area contributed by atoms with E-state index in [4.69, 9.17) is 16.3 Å². The van der Waals surface area contributed by atoms with E-state index in [1.807, 2.05) is 0 Å². The van der Waals surface area contributed by atoms with Crippen LogP contribution >= 0.6 is 11.6 Å². The van der Waals surface area contributed by atoms with Gasteiger partial charge >= 0.3 is 0 Å². The van der Waals surface area contributed by atoms with Gasteiger partial charge in [-0.15, -0.1) is 0 Å². The maximum atomic E-state index is 10.9. The second-order valence-corrected chi connectivity index (χ2v) is 5.18. The Bertz CT molecular complexity index is 448. The Morgan fingerprint density at radius 2 is 2.16 bits per heavy atom. The highest BCUT2D eigenvalue weighted by atomic mass is 35.5. The summed E-state index contributed by atoms with van der Waals surface area (Å²) in [5.41, 5.74) is 0.598. The van der Waals surface area contributed by atoms with Crippen LogP contribution in [0.25, 0.3) is 0 Å². The average molecular weight is 285 g/mol. The zero-order valence-electron chi connectivity index (χ0n) is 10.6. The lowest BCUT2D eigenvalue weighted by molar-refractivity contribution is -0.385. The van der Waals surface area contributed by atoms with E-state index in [0.717, 1.165) is 25.9 Å². The van der Waals surface area contributed by atoms with Gasteiger partial charge in [0.05, 0.1) is 17.1 Å². The van der Waals surface area contributed by atoms with Gasteiger partial charge in [-0.1, -0.05) is 11.6 Å². The molecule has 1 aromatic rings. The molecule has 0 radical (unpaired) electrons. The zero-order chi connectivity index (χ0) is 13.7. The minimum atomic E-state index is -0.422. The van der Waals surface area contributed by atoms with Crippen LogP contribution in [0, 0.1) is 16.0 Å². The highest BCUT2D eigenvalue weighted by Crippen LogP contribution is 2.24. The van der Waals surface area contributed by atoms with Gasteiger partial charge in [0.1, 0.15) is 0 Å². The summed E-state index contributed by atoms with van der Waals surface area (Å²) in [6.07, 6.45) is 2.20. The third-order valence-corrected chi connectivity index (χ3v) is 3.55. The van der Waals surface area contributed by atoms with Crippen LogP contribution in [0.1, 0.15) is 18.4 Å². The van der Waals surface area contributed by atoms with Crippen LogP contribution in [0.4, 0.5) is 5.69 Å². The Morgan fingerprint density at radius 1 is 1.42 bits per heavy atom. The molecule has 0 saturated carbocycles. The summed E-state index contributed by atoms with van der Waals surface area (Å²) in [7, 11) is 0. The van der Waals surface area contributed by atoms with Crippen molar-refractivity contribution in [2.24, 2.45) is 5.92 Å². The van der Waals surface area contributed by atoms with Crippen molar-refractivity contribution in [1.82, 2.24) is 5.32 Å². The summed E-state index contributed by atoms with van der Waals surface area (Å²) in [5.74, 6) is 0.549. The molecule has 1 fully saturated rings. The molecule has 0 bridgehead atoms. The van der Waals surface area contributed by atoms with Crippen LogP contribution in [0.5, 0.6) is 0 Å². The average Bonchev–Trinajstić information content (AvgIpc) is 2.41. The van der Waals surface area contributed by atoms with Gasteiger partial charge in [-0.2, -0.15) is 0 Å². The van der Waals surface area contributed by atoms with E-state index in [0.29, 0.717) is 23.1 Å². The lowest BCUT2D eigenvalue weighted by atomic mass is 9.99. The van der Waals surface area contributed by atoms with E-state index in [-0.39, 0.29) is 12.3 Å². The van der Waals surface area contributed by atoms with Crippen LogP contribution in [-0.4, -0.2) is 24.6 Å². The van der Waals surface area contributed by atoms with Crippen LogP contribution in [-0.2, 0) is 11.3 Å². The predicted octanol–water partition coefficient (Wildman–Crippen LogP) is 2.76. The molecule has 1 aliphatic heterocycles. The van der Waals surface area contributed by atoms with E-state index in [9.17, 15) is 10.1 Å². The van der Waals surface area contributed by atoms with Gasteiger partial charge < -0.3 is 10.1 Å². The molecule has 1 heterocycles. The molecule has 6 heteroatoms. The van der Waals surface area contributed by atoms with E-state index in [1.54, 1.807) is 12.1 Å². The van der Waals surface area contributed by atoms with E-state index in [2.05, 4.69) is 5.32 Å². The van der Waals surface area contributed by atoms with Gasteiger partial charge in [0.2, 0.25) is 0 Å². The Kier molecular flexibility index (Phi) is 5.13. The van der Waals surface area contributed by atoms with Gasteiger partial charge in [-0.05, 0) is 44.0 Å². The first-order chi connectivity index (χ1) is 9.16. The summed E-state index contributed by atoms with van der Waals surface area (Å²) in [6.45, 7) is 2.96. The molecule has 0 unspecified atom stereocenters. The van der Waals surface area contributed by atoms with Crippen LogP contribution in [0.15, 0.2) is 18.2 Å². The summed E-state index contributed by atoms with van der Waals surface area (Å²) < 4.78 is 5.61. The first-order valence-corrected chi connectivity index (χ1v) is 6.76. The van der Waals surface area contributed by atoms with E-state index < -0.39 is 4.92 Å². The van der Waals surface area contributed by atoms with Crippen molar-refractivity contribution in [3.8, 4) is 0 Å². The van der Waals surface area contributed by atoms with Crippen molar-refractivity contribution in [1.29, 1.82) is 0 Å². The van der Waals surface area contributed by atoms with Crippen LogP contribution in [0.3, 0.4) is 0 Å². The summed E-state index contributed by atoms with van der Waals surface area (Å²) in [6, 6.07) is 4.67. The molecule has 0 amide bonds. The van der Waals surface area contributed by atoms with E-state index in [1.165, 1.54) is 6.07 Å². The maximum absolute atomic E-state index is 10.9. The molecule has 0 spiro atoms. The third kappa shape index (κ3) is 4.16. The Balaban J connectivity index is 1.89. The molecule has 1 aliphatic rings. The fourth-order valence-corrected chi connectivity index (χ4v) is 2.38. The van der Waals surface area contributed by atoms with Crippen molar-refractivity contribution < 1.29 is 9.66 Å². The fourth-order valence-electron chi connectivity index (χ4n) is 2.21. The number of rotatable bonds is 5. The van der Waals surface area contributed by atoms with Crippen LogP contribution in [0.2, 0.25) is 5.02 Å². The van der Waals surface area contributed by atoms with Gasteiger partial charge in [-0.3, -0.25) is 10.1 Å². The zero-order valence-corrected chi connectivity index (χ0v) is 11.4. The van der Waals surface area contributed by atoms with E-state index >= 15 is 0 Å². The van der Waals surface area contributed by atoms with Crippen LogP contribution < -0.4 is 5.32 Å². The van der Waals surface area contributed by atoms with Gasteiger partial charge in [0, 0.05) is 17.7 Å². The number of nitro groups is 1. The standard InChI is InChI=1S/C13H17ClN2O3/c14-12-2-1-11(13(7-12)16(17)18)9-19-8-10-3-5-15-6-4-10/h1-2,7,10,15H,3-6,8-9H2. The van der Waals surface area contributed by atoms with Crippen molar-refractivity contribution in [2.45, 2.75) is 19.4 Å². The summed E-state index contributed by atoms with van der Waals surface area (Å²) >= 11 is 5.76. The second kappa shape index (κ2) is 6.84. The number of nitro benzene ring substituents is 1. The fraction of sp³-hybridized carbons (Fsp3) is 0.538. The van der Waals surface area contributed by atoms with Crippen molar-refractivity contribution in [3.05, 3.63) is 38.9 Å². The minimum absolute atomic E-state index is 0.0258. The number of hydrogen-bond donors (Lipinski definition) is 1. The summed E-state index contributed by atoms with van der Waals surface area (Å²) in [5, 5.41) is 14.6. The lowest BCUT2D eigenvalue weighted by Crippen LogP contribution is -2.29. The first-order valence-electron chi connectivity index (χ1n) is 6.38. The highest BCUT2D eigenvalue weighted by Gasteiger charge is 2.16. The lowest BCUT2D eigenvalue weighted by Gasteiger charge is -2.22. The first kappa shape index (κ1) is 14.2. The Labute approximate surface area is 117 Å². The summed E-state index contributed by atoms with van der Waals surface area (Å²) in [4.78, 5) is 10.5. The number of ether oxygens (including phenoxy) is 1. The molecule has 5 nitrogen and oxygen atoms in total. The molecule has 0 atom stereocenters. The molecular formula is C13H17ClN2O3. The monoisotopic (exact) mass is 284 g/mol. The quantitative estimate of drug-likeness (QED) is 0.667. The van der Waals surface area contributed by atoms with Gasteiger partial charge in [-0.25, -0.2) is 0 Å². The molecule has 1 saturated heterocycles. The topological polar surface area (TPSA) is 64.4 Å². The molecule has 1 aromatic carbocycles. The molecule has 104 valence electrons. The van der Waals surface area contributed by atoms with Gasteiger partial charge in [0.15, 0.2) is 0 Å². The third-order valence-electron chi connectivity index (χ3n) is 3.31. The molecular weight excluding hydrogens is 268 g/mol. The van der Waals surface area contributed by atoms with Crippen molar-refractivity contribution >= 4 is 17.3 Å². The predicted molar refractivity (Wildman–Crippen MR) is 73.4 cm³/mol. The number of piperidine rings is 1. The molecule has 19 heavy (non-hydrogen) atoms. The van der Waals surface area contributed by atoms with Gasteiger partial charge in [0.25, 0.3) is 5.69 Å². The number of benzene rings is 1. The Morgan fingerprint density at radius 3 is 2.84 bits per heavy atom. The number of hydrogen-bond acceptors (Lipinski definition) is 4. The second-order valence-electron chi connectivity index (χ2n) is 4.74. The molecule has 0 aliphatic carbocycles. The molecule has 0 aromatic heterocycles. The smallest absolute Gasteiger partial charge is 0.276 e. The molecule has 2 rings (SSSR count). The Hall–Kier alpha value is -1.17. The SMILES string of the molecule is O=[N+]([O-])c1cc(Cl)ccc1COCC1CCNCC1. The normalized spacial score (nSPS) is 16.5. The highest BCUT2D eigenvalue weighted by molar-refractivity contribution is 6.30. The largest absolute Gasteiger partial charge is 0.376 e. The number of nitrogens with zero attached hydrogens (tertiary/aromatic N) is 1. The maximum Gasteiger partial charge on any atom is 0.276 e. The van der Waals surface area contributed by atoms with Crippen molar-refractivity contribution in [2.75, 3.05) is 19.7 Å². The number of nitrogens with one attached hydrogen (secondary N) is 1. The number of halogens is 1.